The highest BCUT2D eigenvalue weighted by atomic mass is 19.3. The van der Waals surface area contributed by atoms with Gasteiger partial charge >= 0.3 is 11.6 Å². The maximum absolute atomic E-state index is 14.2. The Morgan fingerprint density at radius 2 is 2.16 bits per heavy atom. The molecule has 4 rings (SSSR count). The molecular formula is C19H20F2N4O6. The van der Waals surface area contributed by atoms with E-state index in [0.717, 1.165) is 24.5 Å². The Hall–Kier alpha value is -3.09. The van der Waals surface area contributed by atoms with E-state index < -0.39 is 42.6 Å². The Labute approximate surface area is 174 Å². The van der Waals surface area contributed by atoms with Gasteiger partial charge in [-0.2, -0.15) is 13.8 Å². The molecule has 1 saturated heterocycles. The van der Waals surface area contributed by atoms with Gasteiger partial charge in [0, 0.05) is 18.8 Å². The average molecular weight is 438 g/mol. The summed E-state index contributed by atoms with van der Waals surface area (Å²) in [5, 5.41) is 21.1. The number of ether oxygens (including phenoxy) is 2. The van der Waals surface area contributed by atoms with Gasteiger partial charge in [-0.05, 0) is 24.3 Å². The molecule has 1 fully saturated rings. The number of aromatic nitrogens is 2. The van der Waals surface area contributed by atoms with Gasteiger partial charge in [0.15, 0.2) is 6.10 Å². The summed E-state index contributed by atoms with van der Waals surface area (Å²) in [6.45, 7) is 0.358. The number of fused-ring (bicyclic) bond motifs is 1. The minimum absolute atomic E-state index is 0.150. The first-order valence-electron chi connectivity index (χ1n) is 9.43. The van der Waals surface area contributed by atoms with Crippen molar-refractivity contribution in [3.63, 3.8) is 0 Å². The van der Waals surface area contributed by atoms with Crippen LogP contribution in [0.5, 0.6) is 5.75 Å². The third-order valence-corrected chi connectivity index (χ3v) is 5.20. The first kappa shape index (κ1) is 21.2. The minimum Gasteiger partial charge on any atom is -0.490 e. The average Bonchev–Trinajstić information content (AvgIpc) is 2.97. The molecule has 3 N–H and O–H groups in total. The number of nitrogens with zero attached hydrogens (tertiary/aromatic N) is 3. The molecule has 1 aromatic heterocycles. The van der Waals surface area contributed by atoms with Crippen LogP contribution in [0.3, 0.4) is 0 Å². The molecule has 31 heavy (non-hydrogen) atoms. The maximum Gasteiger partial charge on any atom is 0.351 e. The van der Waals surface area contributed by atoms with E-state index in [1.165, 1.54) is 0 Å². The third kappa shape index (κ3) is 3.73. The molecule has 0 saturated carbocycles. The lowest BCUT2D eigenvalue weighted by Crippen LogP contribution is -2.41. The fourth-order valence-electron chi connectivity index (χ4n) is 3.47. The molecule has 2 aliphatic heterocycles. The zero-order chi connectivity index (χ0) is 22.3. The molecule has 1 unspecified atom stereocenters. The highest BCUT2D eigenvalue weighted by molar-refractivity contribution is 6.04. The van der Waals surface area contributed by atoms with Gasteiger partial charge in [0.05, 0.1) is 18.8 Å². The van der Waals surface area contributed by atoms with Crippen molar-refractivity contribution in [2.75, 3.05) is 37.0 Å². The van der Waals surface area contributed by atoms with Crippen molar-refractivity contribution in [1.29, 1.82) is 0 Å². The van der Waals surface area contributed by atoms with Gasteiger partial charge in [-0.15, -0.1) is 0 Å². The molecule has 2 aliphatic rings. The third-order valence-electron chi connectivity index (χ3n) is 5.20. The quantitative estimate of drug-likeness (QED) is 0.619. The lowest BCUT2D eigenvalue weighted by atomic mass is 10.1. The number of anilines is 2. The number of amides is 1. The van der Waals surface area contributed by atoms with Crippen molar-refractivity contribution >= 4 is 17.4 Å². The molecule has 1 aromatic carbocycles. The molecule has 0 spiro atoms. The van der Waals surface area contributed by atoms with E-state index in [-0.39, 0.29) is 11.4 Å². The lowest BCUT2D eigenvalue weighted by Gasteiger charge is -2.27. The van der Waals surface area contributed by atoms with E-state index in [9.17, 15) is 23.5 Å². The molecule has 1 amide bonds. The number of nitrogens with one attached hydrogen (secondary N) is 1. The summed E-state index contributed by atoms with van der Waals surface area (Å²) in [5.74, 6) is -3.99. The Balaban J connectivity index is 1.53. The number of hydrogen-bond acceptors (Lipinski definition) is 8. The largest absolute Gasteiger partial charge is 0.490 e. The first-order chi connectivity index (χ1) is 14.7. The Morgan fingerprint density at radius 3 is 2.84 bits per heavy atom. The predicted molar refractivity (Wildman–Crippen MR) is 104 cm³/mol. The molecule has 0 radical (unpaired) electrons. The summed E-state index contributed by atoms with van der Waals surface area (Å²) in [6.07, 6.45) is -4.99. The monoisotopic (exact) mass is 438 g/mol. The van der Waals surface area contributed by atoms with Crippen LogP contribution >= 0.6 is 0 Å². The molecular weight excluding hydrogens is 418 g/mol. The van der Waals surface area contributed by atoms with Crippen molar-refractivity contribution in [3.8, 4) is 5.75 Å². The molecule has 2 aromatic rings. The topological polar surface area (TPSA) is 126 Å². The highest BCUT2D eigenvalue weighted by Gasteiger charge is 2.59. The molecule has 166 valence electrons. The van der Waals surface area contributed by atoms with E-state index in [2.05, 4.69) is 10.3 Å². The molecule has 3 atom stereocenters. The van der Waals surface area contributed by atoms with E-state index in [1.54, 1.807) is 18.2 Å². The smallest absolute Gasteiger partial charge is 0.351 e. The molecule has 10 nitrogen and oxygen atoms in total. The number of carbonyl (C=O) groups is 1. The SMILES string of the molecule is CN1CCOc2cc(C(=O)Nc3ccn(C4O[C@H](CO)[C@@H](O)C4(F)F)c(=O)n3)ccc21. The lowest BCUT2D eigenvalue weighted by molar-refractivity contribution is -0.140. The number of hydrogen-bond donors (Lipinski definition) is 3. The van der Waals surface area contributed by atoms with Crippen LogP contribution < -0.4 is 20.6 Å². The van der Waals surface area contributed by atoms with Crippen molar-refractivity contribution in [1.82, 2.24) is 9.55 Å². The molecule has 3 heterocycles. The number of alkyl halides is 2. The summed E-state index contributed by atoms with van der Waals surface area (Å²) in [6, 6.07) is 6.03. The summed E-state index contributed by atoms with van der Waals surface area (Å²) >= 11 is 0. The van der Waals surface area contributed by atoms with Gasteiger partial charge in [0.25, 0.3) is 5.91 Å². The van der Waals surface area contributed by atoms with E-state index in [0.29, 0.717) is 16.9 Å². The van der Waals surface area contributed by atoms with Gasteiger partial charge in [-0.25, -0.2) is 4.79 Å². The summed E-state index contributed by atoms with van der Waals surface area (Å²) in [5.41, 5.74) is -0.0207. The van der Waals surface area contributed by atoms with Crippen LogP contribution in [0.15, 0.2) is 35.3 Å². The number of halogens is 2. The van der Waals surface area contributed by atoms with E-state index in [1.807, 2.05) is 11.9 Å². The Kier molecular flexibility index (Phi) is 5.37. The summed E-state index contributed by atoms with van der Waals surface area (Å²) in [4.78, 5) is 30.4. The number of likely N-dealkylation sites (N-methyl/N-ethyl adjacent to an activating group) is 1. The van der Waals surface area contributed by atoms with Crippen LogP contribution in [0.4, 0.5) is 20.3 Å². The second-order valence-electron chi connectivity index (χ2n) is 7.24. The second kappa shape index (κ2) is 7.87. The summed E-state index contributed by atoms with van der Waals surface area (Å²) < 4.78 is 39.5. The van der Waals surface area contributed by atoms with E-state index in [4.69, 9.17) is 14.6 Å². The Bertz CT molecular complexity index is 1060. The molecule has 0 bridgehead atoms. The summed E-state index contributed by atoms with van der Waals surface area (Å²) in [7, 11) is 1.90. The van der Waals surface area contributed by atoms with Crippen molar-refractivity contribution < 1.29 is 33.3 Å². The standard InChI is InChI=1S/C19H20F2N4O6/c1-24-6-7-30-12-8-10(2-3-11(12)24)16(28)22-14-4-5-25(18(29)23-14)17-19(20,21)15(27)13(9-26)31-17/h2-5,8,13,15,17,26-27H,6-7,9H2,1H3,(H,22,23,28,29)/t13-,15-,17?/m1/s1. The zero-order valence-corrected chi connectivity index (χ0v) is 16.4. The van der Waals surface area contributed by atoms with Crippen LogP contribution in [-0.2, 0) is 4.74 Å². The van der Waals surface area contributed by atoms with Gasteiger partial charge in [0.2, 0.25) is 6.23 Å². The fourth-order valence-corrected chi connectivity index (χ4v) is 3.47. The minimum atomic E-state index is -3.82. The number of rotatable bonds is 4. The van der Waals surface area contributed by atoms with Gasteiger partial charge in [-0.1, -0.05) is 0 Å². The zero-order valence-electron chi connectivity index (χ0n) is 16.4. The maximum atomic E-state index is 14.2. The van der Waals surface area contributed by atoms with Crippen molar-refractivity contribution in [3.05, 3.63) is 46.5 Å². The number of benzene rings is 1. The number of aliphatic hydroxyl groups is 2. The van der Waals surface area contributed by atoms with Crippen LogP contribution in [0.25, 0.3) is 0 Å². The van der Waals surface area contributed by atoms with Crippen molar-refractivity contribution in [2.24, 2.45) is 0 Å². The predicted octanol–water partition coefficient (Wildman–Crippen LogP) is 0.210. The number of aliphatic hydroxyl groups excluding tert-OH is 2. The van der Waals surface area contributed by atoms with Crippen LogP contribution in [0, 0.1) is 0 Å². The highest BCUT2D eigenvalue weighted by Crippen LogP contribution is 2.42. The number of carbonyl (C=O) groups excluding carboxylic acids is 1. The normalized spacial score (nSPS) is 24.4. The van der Waals surface area contributed by atoms with Crippen LogP contribution in [0.2, 0.25) is 0 Å². The van der Waals surface area contributed by atoms with Gasteiger partial charge in [0.1, 0.15) is 24.3 Å². The first-order valence-corrected chi connectivity index (χ1v) is 9.43. The van der Waals surface area contributed by atoms with Crippen LogP contribution in [-0.4, -0.2) is 70.6 Å². The van der Waals surface area contributed by atoms with E-state index >= 15 is 0 Å². The van der Waals surface area contributed by atoms with Crippen molar-refractivity contribution in [2.45, 2.75) is 24.4 Å². The van der Waals surface area contributed by atoms with Gasteiger partial charge < -0.3 is 29.9 Å². The molecule has 0 aliphatic carbocycles. The van der Waals surface area contributed by atoms with Crippen LogP contribution in [0.1, 0.15) is 16.6 Å². The Morgan fingerprint density at radius 1 is 1.39 bits per heavy atom. The fraction of sp³-hybridized carbons (Fsp3) is 0.421. The second-order valence-corrected chi connectivity index (χ2v) is 7.24. The van der Waals surface area contributed by atoms with Gasteiger partial charge in [-0.3, -0.25) is 9.36 Å². The molecule has 12 heteroatoms.